The second-order valence-electron chi connectivity index (χ2n) is 9.58. The second kappa shape index (κ2) is 14.8. The Morgan fingerprint density at radius 1 is 0.925 bits per heavy atom. The average molecular weight is 542 g/mol. The number of para-hydroxylation sites is 2. The molecule has 0 aliphatic rings. The van der Waals surface area contributed by atoms with Gasteiger partial charge in [0.1, 0.15) is 11.6 Å². The zero-order valence-corrected chi connectivity index (χ0v) is 23.7. The largest absolute Gasteiger partial charge is 0.497 e. The number of ether oxygens (including phenoxy) is 3. The van der Waals surface area contributed by atoms with Gasteiger partial charge in [-0.2, -0.15) is 0 Å². The topological polar surface area (TPSA) is 74.6 Å². The fourth-order valence-corrected chi connectivity index (χ4v) is 4.72. The van der Waals surface area contributed by atoms with Crippen molar-refractivity contribution >= 4 is 23.0 Å². The molecule has 4 aromatic rings. The lowest BCUT2D eigenvalue weighted by molar-refractivity contribution is 0.0952. The van der Waals surface area contributed by atoms with Crippen LogP contribution in [0.2, 0.25) is 0 Å². The van der Waals surface area contributed by atoms with Crippen LogP contribution in [0.4, 0.5) is 0 Å². The molecule has 210 valence electrons. The van der Waals surface area contributed by atoms with Crippen molar-refractivity contribution in [1.82, 2.24) is 14.9 Å². The first-order valence-electron chi connectivity index (χ1n) is 13.9. The number of carbonyl (C=O) groups excluding carboxylic acids is 1. The highest BCUT2D eigenvalue weighted by molar-refractivity contribution is 5.94. The van der Waals surface area contributed by atoms with Crippen LogP contribution in [0, 0.1) is 0 Å². The molecular formula is C33H39N3O4. The molecule has 0 atom stereocenters. The predicted molar refractivity (Wildman–Crippen MR) is 160 cm³/mol. The SMILES string of the molecule is C/C=C/c1ccc(OCCCn2c(CCCCCNC(=O)c3cccc(OC)c3)nc3ccccc32)c(OC)c1. The molecule has 7 nitrogen and oxygen atoms in total. The molecule has 0 saturated heterocycles. The van der Waals surface area contributed by atoms with Crippen LogP contribution >= 0.6 is 0 Å². The number of hydrogen-bond acceptors (Lipinski definition) is 5. The summed E-state index contributed by atoms with van der Waals surface area (Å²) in [7, 11) is 3.27. The van der Waals surface area contributed by atoms with Crippen molar-refractivity contribution in [1.29, 1.82) is 0 Å². The number of aromatic nitrogens is 2. The van der Waals surface area contributed by atoms with Crippen LogP contribution in [0.25, 0.3) is 17.1 Å². The summed E-state index contributed by atoms with van der Waals surface area (Å²) in [6.45, 7) is 4.04. The summed E-state index contributed by atoms with van der Waals surface area (Å²) in [5.74, 6) is 3.19. The lowest BCUT2D eigenvalue weighted by Crippen LogP contribution is -2.24. The average Bonchev–Trinajstić information content (AvgIpc) is 3.34. The van der Waals surface area contributed by atoms with Crippen LogP contribution in [0.15, 0.2) is 72.8 Å². The van der Waals surface area contributed by atoms with Gasteiger partial charge in [-0.15, -0.1) is 0 Å². The molecule has 1 N–H and O–H groups in total. The van der Waals surface area contributed by atoms with Gasteiger partial charge < -0.3 is 24.1 Å². The zero-order chi connectivity index (χ0) is 28.2. The van der Waals surface area contributed by atoms with Crippen LogP contribution in [0.5, 0.6) is 17.2 Å². The number of methoxy groups -OCH3 is 2. The third-order valence-electron chi connectivity index (χ3n) is 6.76. The zero-order valence-electron chi connectivity index (χ0n) is 23.7. The van der Waals surface area contributed by atoms with Crippen molar-refractivity contribution < 1.29 is 19.0 Å². The van der Waals surface area contributed by atoms with Crippen LogP contribution in [-0.2, 0) is 13.0 Å². The minimum atomic E-state index is -0.0747. The summed E-state index contributed by atoms with van der Waals surface area (Å²) in [4.78, 5) is 17.3. The van der Waals surface area contributed by atoms with Crippen molar-refractivity contribution in [2.75, 3.05) is 27.4 Å². The number of nitrogens with one attached hydrogen (secondary N) is 1. The molecule has 0 bridgehead atoms. The summed E-state index contributed by atoms with van der Waals surface area (Å²) in [5, 5.41) is 3.01. The molecule has 1 amide bonds. The highest BCUT2D eigenvalue weighted by Crippen LogP contribution is 2.29. The normalized spacial score (nSPS) is 11.2. The fourth-order valence-electron chi connectivity index (χ4n) is 4.72. The summed E-state index contributed by atoms with van der Waals surface area (Å²) < 4.78 is 19.1. The third kappa shape index (κ3) is 7.65. The number of amides is 1. The Bertz CT molecular complexity index is 1430. The second-order valence-corrected chi connectivity index (χ2v) is 9.58. The van der Waals surface area contributed by atoms with Gasteiger partial charge in [0, 0.05) is 25.1 Å². The maximum atomic E-state index is 12.4. The molecule has 3 aromatic carbocycles. The predicted octanol–water partition coefficient (Wildman–Crippen LogP) is 6.70. The Labute approximate surface area is 236 Å². The molecule has 0 unspecified atom stereocenters. The lowest BCUT2D eigenvalue weighted by atomic mass is 10.1. The monoisotopic (exact) mass is 541 g/mol. The van der Waals surface area contributed by atoms with Gasteiger partial charge >= 0.3 is 0 Å². The van der Waals surface area contributed by atoms with E-state index in [2.05, 4.69) is 28.1 Å². The maximum absolute atomic E-state index is 12.4. The number of unbranched alkanes of at least 4 members (excludes halogenated alkanes) is 2. The van der Waals surface area contributed by atoms with Gasteiger partial charge in [-0.3, -0.25) is 4.79 Å². The first-order valence-corrected chi connectivity index (χ1v) is 13.9. The number of allylic oxidation sites excluding steroid dienone is 1. The Morgan fingerprint density at radius 2 is 1.80 bits per heavy atom. The summed E-state index contributed by atoms with van der Waals surface area (Å²) in [6, 6.07) is 21.5. The van der Waals surface area contributed by atoms with E-state index in [1.165, 1.54) is 0 Å². The Kier molecular flexibility index (Phi) is 10.6. The van der Waals surface area contributed by atoms with Crippen LogP contribution in [0.1, 0.15) is 54.4 Å². The van der Waals surface area contributed by atoms with Gasteiger partial charge in [-0.1, -0.05) is 42.8 Å². The van der Waals surface area contributed by atoms with Crippen LogP contribution in [-0.4, -0.2) is 42.8 Å². The Morgan fingerprint density at radius 3 is 2.62 bits per heavy atom. The number of hydrogen-bond donors (Lipinski definition) is 1. The lowest BCUT2D eigenvalue weighted by Gasteiger charge is -2.13. The number of aryl methyl sites for hydroxylation is 2. The van der Waals surface area contributed by atoms with Crippen molar-refractivity contribution in [3.05, 3.63) is 89.8 Å². The van der Waals surface area contributed by atoms with E-state index in [1.54, 1.807) is 26.4 Å². The van der Waals surface area contributed by atoms with Crippen molar-refractivity contribution in [3.8, 4) is 17.2 Å². The summed E-state index contributed by atoms with van der Waals surface area (Å²) >= 11 is 0. The molecule has 1 aromatic heterocycles. The smallest absolute Gasteiger partial charge is 0.251 e. The van der Waals surface area contributed by atoms with Gasteiger partial charge in [0.05, 0.1) is 31.9 Å². The molecule has 0 aliphatic carbocycles. The van der Waals surface area contributed by atoms with Gasteiger partial charge in [0.15, 0.2) is 11.5 Å². The van der Waals surface area contributed by atoms with E-state index in [4.69, 9.17) is 19.2 Å². The van der Waals surface area contributed by atoms with Gasteiger partial charge in [-0.05, 0) is 74.2 Å². The summed E-state index contributed by atoms with van der Waals surface area (Å²) in [6.07, 6.45) is 8.71. The molecule has 0 radical (unpaired) electrons. The maximum Gasteiger partial charge on any atom is 0.251 e. The molecule has 0 spiro atoms. The molecule has 4 rings (SSSR count). The fraction of sp³-hybridized carbons (Fsp3) is 0.333. The Hall–Kier alpha value is -4.26. The number of fused-ring (bicyclic) bond motifs is 1. The number of nitrogens with zero attached hydrogens (tertiary/aromatic N) is 2. The molecule has 0 fully saturated rings. The Balaban J connectivity index is 1.26. The van der Waals surface area contributed by atoms with E-state index in [9.17, 15) is 4.79 Å². The molecule has 7 heteroatoms. The van der Waals surface area contributed by atoms with E-state index >= 15 is 0 Å². The number of imidazole rings is 1. The number of benzene rings is 3. The molecule has 0 saturated carbocycles. The number of rotatable bonds is 15. The van der Waals surface area contributed by atoms with E-state index in [-0.39, 0.29) is 5.91 Å². The highest BCUT2D eigenvalue weighted by Gasteiger charge is 2.11. The van der Waals surface area contributed by atoms with Crippen LogP contribution < -0.4 is 19.5 Å². The number of carbonyl (C=O) groups is 1. The summed E-state index contributed by atoms with van der Waals surface area (Å²) in [5.41, 5.74) is 3.86. The van der Waals surface area contributed by atoms with Gasteiger partial charge in [-0.25, -0.2) is 4.98 Å². The van der Waals surface area contributed by atoms with Gasteiger partial charge in [0.25, 0.3) is 5.91 Å². The first-order chi connectivity index (χ1) is 19.6. The minimum Gasteiger partial charge on any atom is -0.497 e. The van der Waals surface area contributed by atoms with E-state index in [1.807, 2.05) is 55.5 Å². The van der Waals surface area contributed by atoms with E-state index in [0.29, 0.717) is 24.5 Å². The molecular weight excluding hydrogens is 502 g/mol. The highest BCUT2D eigenvalue weighted by atomic mass is 16.5. The van der Waals surface area contributed by atoms with Crippen LogP contribution in [0.3, 0.4) is 0 Å². The third-order valence-corrected chi connectivity index (χ3v) is 6.76. The standard InChI is InChI=1S/C33H39N3O4/c1-4-12-25-18-19-30(31(23-25)39-3)40-22-11-21-36-29-16-8-7-15-28(29)35-32(36)17-6-5-9-20-34-33(37)26-13-10-14-27(24-26)38-2/h4,7-8,10,12-16,18-19,23-24H,5-6,9,11,17,20-22H2,1-3H3,(H,34,37)/b12-4+. The minimum absolute atomic E-state index is 0.0747. The molecule has 0 aliphatic heterocycles. The van der Waals surface area contributed by atoms with Crippen molar-refractivity contribution in [2.45, 2.75) is 45.6 Å². The van der Waals surface area contributed by atoms with E-state index < -0.39 is 0 Å². The quantitative estimate of drug-likeness (QED) is 0.170. The molecule has 1 heterocycles. The van der Waals surface area contributed by atoms with Crippen molar-refractivity contribution in [2.24, 2.45) is 0 Å². The van der Waals surface area contributed by atoms with E-state index in [0.717, 1.165) is 72.6 Å². The first kappa shape index (κ1) is 28.7. The van der Waals surface area contributed by atoms with Crippen molar-refractivity contribution in [3.63, 3.8) is 0 Å². The van der Waals surface area contributed by atoms with Gasteiger partial charge in [0.2, 0.25) is 0 Å². The molecule has 40 heavy (non-hydrogen) atoms.